The van der Waals surface area contributed by atoms with Gasteiger partial charge in [-0.05, 0) is 57.7 Å². The fourth-order valence-corrected chi connectivity index (χ4v) is 2.13. The van der Waals surface area contributed by atoms with Crippen LogP contribution in [0.3, 0.4) is 0 Å². The molecule has 0 bridgehead atoms. The smallest absolute Gasteiger partial charge is 0.191 e. The number of guanidine groups is 1. The van der Waals surface area contributed by atoms with Crippen LogP contribution in [0.1, 0.15) is 52.5 Å². The largest absolute Gasteiger partial charge is 0.497 e. The second kappa shape index (κ2) is 10.7. The van der Waals surface area contributed by atoms with Crippen molar-refractivity contribution in [1.82, 2.24) is 10.6 Å². The van der Waals surface area contributed by atoms with Crippen LogP contribution in [0.25, 0.3) is 0 Å². The van der Waals surface area contributed by atoms with Gasteiger partial charge in [0.2, 0.25) is 0 Å². The molecule has 2 N–H and O–H groups in total. The molecule has 1 unspecified atom stereocenters. The molecular formula is C18H32IN3O. The van der Waals surface area contributed by atoms with E-state index in [1.54, 1.807) is 7.11 Å². The van der Waals surface area contributed by atoms with E-state index in [-0.39, 0.29) is 29.5 Å². The molecule has 0 heterocycles. The van der Waals surface area contributed by atoms with Crippen molar-refractivity contribution in [3.63, 3.8) is 0 Å². The monoisotopic (exact) mass is 433 g/mol. The van der Waals surface area contributed by atoms with E-state index in [0.717, 1.165) is 31.2 Å². The van der Waals surface area contributed by atoms with Crippen LogP contribution in [0.15, 0.2) is 29.3 Å². The van der Waals surface area contributed by atoms with E-state index in [1.807, 2.05) is 12.1 Å². The molecule has 0 spiro atoms. The van der Waals surface area contributed by atoms with E-state index in [9.17, 15) is 0 Å². The van der Waals surface area contributed by atoms with Crippen molar-refractivity contribution in [2.45, 2.75) is 52.5 Å². The summed E-state index contributed by atoms with van der Waals surface area (Å²) in [5.74, 6) is 2.27. The normalized spacial score (nSPS) is 13.0. The number of benzene rings is 1. The van der Waals surface area contributed by atoms with Gasteiger partial charge in [0.1, 0.15) is 5.75 Å². The predicted molar refractivity (Wildman–Crippen MR) is 110 cm³/mol. The second-order valence-electron chi connectivity index (χ2n) is 6.60. The first-order valence-corrected chi connectivity index (χ1v) is 8.06. The molecule has 0 amide bonds. The number of hydrogen-bond donors (Lipinski definition) is 2. The lowest BCUT2D eigenvalue weighted by Crippen LogP contribution is -2.47. The summed E-state index contributed by atoms with van der Waals surface area (Å²) in [7, 11) is 1.69. The number of methoxy groups -OCH3 is 1. The third kappa shape index (κ3) is 9.03. The van der Waals surface area contributed by atoms with E-state index in [2.05, 4.69) is 62.4 Å². The van der Waals surface area contributed by atoms with Gasteiger partial charge in [0.25, 0.3) is 0 Å². The minimum absolute atomic E-state index is 0. The van der Waals surface area contributed by atoms with Gasteiger partial charge in [0.05, 0.1) is 7.11 Å². The number of nitrogens with zero attached hydrogens (tertiary/aromatic N) is 1. The van der Waals surface area contributed by atoms with Gasteiger partial charge in [-0.2, -0.15) is 0 Å². The molecule has 0 fully saturated rings. The van der Waals surface area contributed by atoms with Crippen LogP contribution >= 0.6 is 24.0 Å². The van der Waals surface area contributed by atoms with Gasteiger partial charge in [-0.25, -0.2) is 0 Å². The topological polar surface area (TPSA) is 45.7 Å². The maximum Gasteiger partial charge on any atom is 0.191 e. The molecule has 23 heavy (non-hydrogen) atoms. The molecule has 0 aliphatic rings. The minimum Gasteiger partial charge on any atom is -0.497 e. The fourth-order valence-electron chi connectivity index (χ4n) is 2.13. The Morgan fingerprint density at radius 3 is 2.30 bits per heavy atom. The molecular weight excluding hydrogens is 401 g/mol. The quantitative estimate of drug-likeness (QED) is 0.402. The Labute approximate surface area is 158 Å². The van der Waals surface area contributed by atoms with Crippen LogP contribution in [0.2, 0.25) is 0 Å². The van der Waals surface area contributed by atoms with Gasteiger partial charge >= 0.3 is 0 Å². The lowest BCUT2D eigenvalue weighted by atomic mass is 9.98. The van der Waals surface area contributed by atoms with Gasteiger partial charge in [-0.15, -0.1) is 24.0 Å². The summed E-state index contributed by atoms with van der Waals surface area (Å²) in [5, 5.41) is 6.70. The summed E-state index contributed by atoms with van der Waals surface area (Å²) in [6.07, 6.45) is 1.02. The molecule has 1 rings (SSSR count). The van der Waals surface area contributed by atoms with Crippen molar-refractivity contribution in [2.75, 3.05) is 20.2 Å². The number of aliphatic imine (C=N–C) groups is 1. The second-order valence-corrected chi connectivity index (χ2v) is 6.60. The van der Waals surface area contributed by atoms with Crippen LogP contribution < -0.4 is 15.4 Å². The van der Waals surface area contributed by atoms with E-state index >= 15 is 0 Å². The van der Waals surface area contributed by atoms with Crippen molar-refractivity contribution in [3.05, 3.63) is 29.8 Å². The Bertz CT molecular complexity index is 466. The van der Waals surface area contributed by atoms with Crippen LogP contribution in [0, 0.1) is 0 Å². The number of nitrogens with one attached hydrogen (secondary N) is 2. The fraction of sp³-hybridized carbons (Fsp3) is 0.611. The maximum atomic E-state index is 5.20. The summed E-state index contributed by atoms with van der Waals surface area (Å²) in [5.41, 5.74) is 1.34. The predicted octanol–water partition coefficient (Wildman–Crippen LogP) is 4.16. The van der Waals surface area contributed by atoms with Crippen molar-refractivity contribution in [1.29, 1.82) is 0 Å². The first-order chi connectivity index (χ1) is 10.4. The molecule has 0 aliphatic heterocycles. The van der Waals surface area contributed by atoms with Crippen LogP contribution in [0.4, 0.5) is 0 Å². The van der Waals surface area contributed by atoms with Gasteiger partial charge in [-0.3, -0.25) is 4.99 Å². The molecule has 0 aliphatic carbocycles. The van der Waals surface area contributed by atoms with Gasteiger partial charge in [0.15, 0.2) is 5.96 Å². The third-order valence-corrected chi connectivity index (χ3v) is 3.35. The van der Waals surface area contributed by atoms with Gasteiger partial charge in [-0.1, -0.05) is 19.1 Å². The van der Waals surface area contributed by atoms with Gasteiger partial charge in [0, 0.05) is 18.6 Å². The lowest BCUT2D eigenvalue weighted by Gasteiger charge is -2.24. The minimum atomic E-state index is 0. The Morgan fingerprint density at radius 2 is 1.83 bits per heavy atom. The Morgan fingerprint density at radius 1 is 1.22 bits per heavy atom. The van der Waals surface area contributed by atoms with Crippen LogP contribution in [0.5, 0.6) is 5.75 Å². The van der Waals surface area contributed by atoms with E-state index in [0.29, 0.717) is 5.92 Å². The highest BCUT2D eigenvalue weighted by atomic mass is 127. The number of halogens is 1. The van der Waals surface area contributed by atoms with Crippen molar-refractivity contribution < 1.29 is 4.74 Å². The van der Waals surface area contributed by atoms with E-state index in [1.165, 1.54) is 5.56 Å². The first-order valence-electron chi connectivity index (χ1n) is 8.06. The molecule has 0 radical (unpaired) electrons. The average molecular weight is 433 g/mol. The highest BCUT2D eigenvalue weighted by molar-refractivity contribution is 14.0. The summed E-state index contributed by atoms with van der Waals surface area (Å²) >= 11 is 0. The summed E-state index contributed by atoms with van der Waals surface area (Å²) in [6.45, 7) is 12.4. The molecule has 1 atom stereocenters. The summed E-state index contributed by atoms with van der Waals surface area (Å²) in [4.78, 5) is 4.67. The third-order valence-electron chi connectivity index (χ3n) is 3.35. The van der Waals surface area contributed by atoms with E-state index < -0.39 is 0 Å². The molecule has 5 heteroatoms. The van der Waals surface area contributed by atoms with Crippen molar-refractivity contribution in [2.24, 2.45) is 4.99 Å². The molecule has 0 saturated heterocycles. The van der Waals surface area contributed by atoms with Crippen molar-refractivity contribution in [3.8, 4) is 5.75 Å². The number of hydrogen-bond acceptors (Lipinski definition) is 2. The van der Waals surface area contributed by atoms with E-state index in [4.69, 9.17) is 4.74 Å². The standard InChI is InChI=1S/C18H31N3O.HI/c1-7-19-17(21-18(3,4)5)20-13-12-14(2)15-8-10-16(22-6)11-9-15;/h8-11,14H,7,12-13H2,1-6H3,(H2,19,20,21);1H. The highest BCUT2D eigenvalue weighted by Gasteiger charge is 2.12. The maximum absolute atomic E-state index is 5.20. The molecule has 1 aromatic carbocycles. The molecule has 0 saturated carbocycles. The zero-order valence-electron chi connectivity index (χ0n) is 15.3. The first kappa shape index (κ1) is 22.0. The molecule has 0 aromatic heterocycles. The number of ether oxygens (including phenoxy) is 1. The highest BCUT2D eigenvalue weighted by Crippen LogP contribution is 2.21. The van der Waals surface area contributed by atoms with Crippen LogP contribution in [-0.4, -0.2) is 31.7 Å². The summed E-state index contributed by atoms with van der Waals surface area (Å²) in [6, 6.07) is 8.29. The Balaban J connectivity index is 0.00000484. The molecule has 1 aromatic rings. The van der Waals surface area contributed by atoms with Crippen molar-refractivity contribution >= 4 is 29.9 Å². The lowest BCUT2D eigenvalue weighted by molar-refractivity contribution is 0.414. The molecule has 4 nitrogen and oxygen atoms in total. The average Bonchev–Trinajstić information content (AvgIpc) is 2.46. The van der Waals surface area contributed by atoms with Gasteiger partial charge < -0.3 is 15.4 Å². The SMILES string of the molecule is CCNC(=NCCC(C)c1ccc(OC)cc1)NC(C)(C)C.I. The van der Waals surface area contributed by atoms with Crippen LogP contribution in [-0.2, 0) is 0 Å². The molecule has 132 valence electrons. The Kier molecular flexibility index (Phi) is 10.3. The zero-order valence-corrected chi connectivity index (χ0v) is 17.6. The number of rotatable bonds is 6. The Hall–Kier alpha value is -0.980. The zero-order chi connectivity index (χ0) is 16.6. The summed E-state index contributed by atoms with van der Waals surface area (Å²) < 4.78 is 5.20.